The molecule has 1 heterocycles. The summed E-state index contributed by atoms with van der Waals surface area (Å²) in [5.41, 5.74) is 1.33. The van der Waals surface area contributed by atoms with Gasteiger partial charge in [0.1, 0.15) is 11.8 Å². The van der Waals surface area contributed by atoms with Crippen LogP contribution in [0.3, 0.4) is 0 Å². The topological polar surface area (TPSA) is 49.0 Å². The highest BCUT2D eigenvalue weighted by Crippen LogP contribution is 2.25. The Morgan fingerprint density at radius 3 is 2.89 bits per heavy atom. The van der Waals surface area contributed by atoms with Gasteiger partial charge in [-0.25, -0.2) is 0 Å². The molecule has 0 saturated carbocycles. The maximum Gasteiger partial charge on any atom is 0.125 e. The van der Waals surface area contributed by atoms with E-state index in [0.717, 1.165) is 17.9 Å². The first-order chi connectivity index (χ1) is 8.74. The molecule has 0 amide bonds. The van der Waals surface area contributed by atoms with E-state index < -0.39 is 0 Å². The van der Waals surface area contributed by atoms with Gasteiger partial charge in [0, 0.05) is 5.69 Å². The van der Waals surface area contributed by atoms with E-state index >= 15 is 0 Å². The molecular formula is C14H13ClN2O. The summed E-state index contributed by atoms with van der Waals surface area (Å²) in [5, 5.41) is 12.7. The summed E-state index contributed by atoms with van der Waals surface area (Å²) in [6, 6.07) is 11.3. The quantitative estimate of drug-likeness (QED) is 0.888. The molecule has 4 heteroatoms. The average molecular weight is 261 g/mol. The third kappa shape index (κ3) is 2.66. The van der Waals surface area contributed by atoms with Crippen LogP contribution in [0.4, 0.5) is 5.69 Å². The van der Waals surface area contributed by atoms with E-state index in [2.05, 4.69) is 18.3 Å². The second kappa shape index (κ2) is 5.61. The van der Waals surface area contributed by atoms with Crippen molar-refractivity contribution in [1.82, 2.24) is 0 Å². The molecule has 0 aliphatic heterocycles. The lowest BCUT2D eigenvalue weighted by molar-refractivity contribution is 0.474. The van der Waals surface area contributed by atoms with E-state index in [-0.39, 0.29) is 6.04 Å². The summed E-state index contributed by atoms with van der Waals surface area (Å²) in [6.07, 6.45) is 2.54. The molecule has 18 heavy (non-hydrogen) atoms. The number of halogens is 1. The number of nitriles is 1. The average Bonchev–Trinajstić information content (AvgIpc) is 2.91. The molecule has 2 rings (SSSR count). The van der Waals surface area contributed by atoms with Crippen molar-refractivity contribution in [2.75, 3.05) is 5.32 Å². The standard InChI is InChI=1S/C14H13ClN2O/c1-2-13(14-4-3-7-18-14)17-11-5-6-12(15)10(8-11)9-16/h3-8,13,17H,2H2,1H3. The van der Waals surface area contributed by atoms with Crippen LogP contribution in [0.5, 0.6) is 0 Å². The summed E-state index contributed by atoms with van der Waals surface area (Å²) < 4.78 is 5.39. The summed E-state index contributed by atoms with van der Waals surface area (Å²) in [6.45, 7) is 2.07. The van der Waals surface area contributed by atoms with Gasteiger partial charge in [0.2, 0.25) is 0 Å². The number of hydrogen-bond acceptors (Lipinski definition) is 3. The van der Waals surface area contributed by atoms with Crippen molar-refractivity contribution in [3.05, 3.63) is 52.9 Å². The lowest BCUT2D eigenvalue weighted by atomic mass is 10.1. The Morgan fingerprint density at radius 2 is 2.28 bits per heavy atom. The number of anilines is 1. The van der Waals surface area contributed by atoms with Crippen LogP contribution >= 0.6 is 11.6 Å². The molecule has 1 aromatic heterocycles. The van der Waals surface area contributed by atoms with Crippen LogP contribution in [0.1, 0.15) is 30.7 Å². The second-order valence-electron chi connectivity index (χ2n) is 3.93. The van der Waals surface area contributed by atoms with E-state index in [1.54, 1.807) is 18.4 Å². The zero-order valence-corrected chi connectivity index (χ0v) is 10.7. The Bertz CT molecular complexity index is 558. The first-order valence-electron chi connectivity index (χ1n) is 5.74. The Morgan fingerprint density at radius 1 is 1.44 bits per heavy atom. The first kappa shape index (κ1) is 12.5. The monoisotopic (exact) mass is 260 g/mol. The predicted molar refractivity (Wildman–Crippen MR) is 71.5 cm³/mol. The third-order valence-corrected chi connectivity index (χ3v) is 3.05. The fourth-order valence-corrected chi connectivity index (χ4v) is 1.93. The molecule has 0 aliphatic carbocycles. The second-order valence-corrected chi connectivity index (χ2v) is 4.33. The van der Waals surface area contributed by atoms with E-state index in [9.17, 15) is 0 Å². The smallest absolute Gasteiger partial charge is 0.125 e. The number of furan rings is 1. The van der Waals surface area contributed by atoms with Gasteiger partial charge in [0.05, 0.1) is 22.9 Å². The molecule has 0 bridgehead atoms. The summed E-state index contributed by atoms with van der Waals surface area (Å²) in [4.78, 5) is 0. The van der Waals surface area contributed by atoms with E-state index in [4.69, 9.17) is 21.3 Å². The molecule has 0 saturated heterocycles. The highest BCUT2D eigenvalue weighted by Gasteiger charge is 2.12. The molecule has 1 aromatic carbocycles. The highest BCUT2D eigenvalue weighted by atomic mass is 35.5. The summed E-state index contributed by atoms with van der Waals surface area (Å²) in [7, 11) is 0. The fourth-order valence-electron chi connectivity index (χ4n) is 1.77. The van der Waals surface area contributed by atoms with Crippen molar-refractivity contribution in [3.63, 3.8) is 0 Å². The lowest BCUT2D eigenvalue weighted by Gasteiger charge is -2.16. The van der Waals surface area contributed by atoms with Crippen molar-refractivity contribution in [2.24, 2.45) is 0 Å². The molecule has 92 valence electrons. The van der Waals surface area contributed by atoms with Gasteiger partial charge < -0.3 is 9.73 Å². The fraction of sp³-hybridized carbons (Fsp3) is 0.214. The maximum atomic E-state index is 8.94. The van der Waals surface area contributed by atoms with Gasteiger partial charge in [-0.1, -0.05) is 18.5 Å². The summed E-state index contributed by atoms with van der Waals surface area (Å²) in [5.74, 6) is 0.881. The van der Waals surface area contributed by atoms with Gasteiger partial charge in [0.25, 0.3) is 0 Å². The van der Waals surface area contributed by atoms with E-state index in [1.165, 1.54) is 0 Å². The van der Waals surface area contributed by atoms with Gasteiger partial charge >= 0.3 is 0 Å². The minimum Gasteiger partial charge on any atom is -0.467 e. The van der Waals surface area contributed by atoms with Gasteiger partial charge in [0.15, 0.2) is 0 Å². The van der Waals surface area contributed by atoms with Crippen molar-refractivity contribution in [3.8, 4) is 6.07 Å². The largest absolute Gasteiger partial charge is 0.467 e. The van der Waals surface area contributed by atoms with Gasteiger partial charge in [-0.2, -0.15) is 5.26 Å². The van der Waals surface area contributed by atoms with Crippen molar-refractivity contribution in [1.29, 1.82) is 5.26 Å². The number of rotatable bonds is 4. The van der Waals surface area contributed by atoms with Crippen LogP contribution in [0.15, 0.2) is 41.0 Å². The predicted octanol–water partition coefficient (Wildman–Crippen LogP) is 4.37. The van der Waals surface area contributed by atoms with Crippen molar-refractivity contribution in [2.45, 2.75) is 19.4 Å². The third-order valence-electron chi connectivity index (χ3n) is 2.72. The highest BCUT2D eigenvalue weighted by molar-refractivity contribution is 6.31. The normalized spacial score (nSPS) is 11.8. The molecule has 3 nitrogen and oxygen atoms in total. The van der Waals surface area contributed by atoms with Crippen LogP contribution in [-0.4, -0.2) is 0 Å². The summed E-state index contributed by atoms with van der Waals surface area (Å²) >= 11 is 5.90. The van der Waals surface area contributed by atoms with E-state index in [0.29, 0.717) is 10.6 Å². The number of hydrogen-bond donors (Lipinski definition) is 1. The molecule has 1 atom stereocenters. The van der Waals surface area contributed by atoms with Gasteiger partial charge in [-0.15, -0.1) is 0 Å². The Balaban J connectivity index is 2.20. The molecular weight excluding hydrogens is 248 g/mol. The Kier molecular flexibility index (Phi) is 3.91. The molecule has 1 N–H and O–H groups in total. The zero-order chi connectivity index (χ0) is 13.0. The molecule has 1 unspecified atom stereocenters. The molecule has 0 radical (unpaired) electrons. The molecule has 0 aliphatic rings. The van der Waals surface area contributed by atoms with Crippen LogP contribution in [0.25, 0.3) is 0 Å². The molecule has 0 spiro atoms. The minimum atomic E-state index is 0.0905. The van der Waals surface area contributed by atoms with E-state index in [1.807, 2.05) is 18.2 Å². The lowest BCUT2D eigenvalue weighted by Crippen LogP contribution is -2.08. The van der Waals surface area contributed by atoms with Crippen molar-refractivity contribution >= 4 is 17.3 Å². The Hall–Kier alpha value is -1.92. The van der Waals surface area contributed by atoms with Crippen LogP contribution in [0, 0.1) is 11.3 Å². The van der Waals surface area contributed by atoms with Gasteiger partial charge in [-0.3, -0.25) is 0 Å². The zero-order valence-electron chi connectivity index (χ0n) is 9.98. The van der Waals surface area contributed by atoms with Crippen LogP contribution in [0.2, 0.25) is 5.02 Å². The number of benzene rings is 1. The van der Waals surface area contributed by atoms with Crippen LogP contribution < -0.4 is 5.32 Å². The van der Waals surface area contributed by atoms with Gasteiger partial charge in [-0.05, 0) is 36.8 Å². The van der Waals surface area contributed by atoms with Crippen LogP contribution in [-0.2, 0) is 0 Å². The number of nitrogens with one attached hydrogen (secondary N) is 1. The Labute approximate surface area is 111 Å². The first-order valence-corrected chi connectivity index (χ1v) is 6.12. The SMILES string of the molecule is CCC(Nc1ccc(Cl)c(C#N)c1)c1ccco1. The number of nitrogens with zero attached hydrogens (tertiary/aromatic N) is 1. The minimum absolute atomic E-state index is 0.0905. The molecule has 2 aromatic rings. The maximum absolute atomic E-state index is 8.94. The van der Waals surface area contributed by atoms with Crippen molar-refractivity contribution < 1.29 is 4.42 Å². The molecule has 0 fully saturated rings.